The normalized spacial score (nSPS) is 15.0. The SMILES string of the molecule is CCC(N)C(c1sccc1C)N(CCOC)CC(C)C. The summed E-state index contributed by atoms with van der Waals surface area (Å²) in [7, 11) is 1.76. The van der Waals surface area contributed by atoms with Crippen molar-refractivity contribution >= 4 is 11.3 Å². The predicted molar refractivity (Wildman–Crippen MR) is 88.4 cm³/mol. The maximum atomic E-state index is 6.45. The van der Waals surface area contributed by atoms with Crippen molar-refractivity contribution in [3.63, 3.8) is 0 Å². The van der Waals surface area contributed by atoms with Crippen molar-refractivity contribution in [3.8, 4) is 0 Å². The van der Waals surface area contributed by atoms with E-state index < -0.39 is 0 Å². The summed E-state index contributed by atoms with van der Waals surface area (Å²) in [5.74, 6) is 0.624. The van der Waals surface area contributed by atoms with Crippen molar-refractivity contribution < 1.29 is 4.74 Å². The minimum atomic E-state index is 0.169. The summed E-state index contributed by atoms with van der Waals surface area (Å²) in [6.45, 7) is 11.6. The van der Waals surface area contributed by atoms with Gasteiger partial charge in [-0.05, 0) is 36.3 Å². The first kappa shape index (κ1) is 17.6. The highest BCUT2D eigenvalue weighted by Gasteiger charge is 2.28. The fourth-order valence-corrected chi connectivity index (χ4v) is 3.70. The highest BCUT2D eigenvalue weighted by Crippen LogP contribution is 2.32. The van der Waals surface area contributed by atoms with Crippen LogP contribution in [0.5, 0.6) is 0 Å². The number of rotatable bonds is 9. The molecule has 0 saturated carbocycles. The highest BCUT2D eigenvalue weighted by molar-refractivity contribution is 7.10. The monoisotopic (exact) mass is 298 g/mol. The second kappa shape index (κ2) is 8.78. The van der Waals surface area contributed by atoms with E-state index in [1.54, 1.807) is 7.11 Å². The van der Waals surface area contributed by atoms with Crippen LogP contribution in [-0.4, -0.2) is 37.7 Å². The zero-order valence-corrected chi connectivity index (χ0v) is 14.4. The number of methoxy groups -OCH3 is 1. The quantitative estimate of drug-likeness (QED) is 0.759. The molecule has 0 radical (unpaired) electrons. The van der Waals surface area contributed by atoms with Gasteiger partial charge in [0, 0.05) is 31.1 Å². The zero-order chi connectivity index (χ0) is 15.1. The molecule has 0 aliphatic carbocycles. The molecule has 1 aromatic rings. The number of hydrogen-bond donors (Lipinski definition) is 1. The van der Waals surface area contributed by atoms with Crippen LogP contribution in [0.15, 0.2) is 11.4 Å². The van der Waals surface area contributed by atoms with E-state index in [1.807, 2.05) is 11.3 Å². The molecule has 1 aromatic heterocycles. The van der Waals surface area contributed by atoms with Crippen LogP contribution in [0.4, 0.5) is 0 Å². The third-order valence-electron chi connectivity index (χ3n) is 3.62. The zero-order valence-electron chi connectivity index (χ0n) is 13.6. The molecule has 0 aromatic carbocycles. The van der Waals surface area contributed by atoms with Gasteiger partial charge < -0.3 is 10.5 Å². The van der Waals surface area contributed by atoms with Crippen molar-refractivity contribution in [2.24, 2.45) is 11.7 Å². The molecule has 0 spiro atoms. The van der Waals surface area contributed by atoms with Crippen molar-refractivity contribution in [1.82, 2.24) is 4.90 Å². The van der Waals surface area contributed by atoms with Crippen molar-refractivity contribution in [2.45, 2.75) is 46.2 Å². The first-order valence-corrected chi connectivity index (χ1v) is 8.41. The molecule has 0 aliphatic heterocycles. The second-order valence-electron chi connectivity index (χ2n) is 5.87. The molecule has 4 heteroatoms. The van der Waals surface area contributed by atoms with Gasteiger partial charge in [0.05, 0.1) is 12.6 Å². The Balaban J connectivity index is 3.00. The Kier molecular flexibility index (Phi) is 7.74. The molecule has 2 atom stereocenters. The van der Waals surface area contributed by atoms with Crippen LogP contribution >= 0.6 is 11.3 Å². The third-order valence-corrected chi connectivity index (χ3v) is 4.71. The van der Waals surface area contributed by atoms with Gasteiger partial charge in [0.1, 0.15) is 0 Å². The molecule has 2 unspecified atom stereocenters. The summed E-state index contributed by atoms with van der Waals surface area (Å²) in [5.41, 5.74) is 7.81. The van der Waals surface area contributed by atoms with Gasteiger partial charge in [-0.2, -0.15) is 0 Å². The number of nitrogens with two attached hydrogens (primary N) is 1. The summed E-state index contributed by atoms with van der Waals surface area (Å²) >= 11 is 1.83. The van der Waals surface area contributed by atoms with E-state index in [4.69, 9.17) is 10.5 Å². The average molecular weight is 298 g/mol. The number of ether oxygens (including phenoxy) is 1. The minimum Gasteiger partial charge on any atom is -0.383 e. The number of thiophene rings is 1. The van der Waals surface area contributed by atoms with Gasteiger partial charge >= 0.3 is 0 Å². The van der Waals surface area contributed by atoms with E-state index in [0.717, 1.165) is 26.1 Å². The van der Waals surface area contributed by atoms with Gasteiger partial charge in [0.2, 0.25) is 0 Å². The van der Waals surface area contributed by atoms with Crippen molar-refractivity contribution in [2.75, 3.05) is 26.8 Å². The van der Waals surface area contributed by atoms with Crippen LogP contribution in [0.3, 0.4) is 0 Å². The number of aryl methyl sites for hydroxylation is 1. The fraction of sp³-hybridized carbons (Fsp3) is 0.750. The van der Waals surface area contributed by atoms with Gasteiger partial charge in [-0.15, -0.1) is 11.3 Å². The predicted octanol–water partition coefficient (Wildman–Crippen LogP) is 3.44. The van der Waals surface area contributed by atoms with E-state index in [2.05, 4.69) is 44.0 Å². The van der Waals surface area contributed by atoms with E-state index in [1.165, 1.54) is 10.4 Å². The number of nitrogens with zero attached hydrogens (tertiary/aromatic N) is 1. The standard InChI is InChI=1S/C16H30N2OS/c1-6-14(17)15(16-13(4)7-10-20-16)18(8-9-19-5)11-12(2)3/h7,10,12,14-15H,6,8-9,11,17H2,1-5H3. The van der Waals surface area contributed by atoms with E-state index >= 15 is 0 Å². The maximum Gasteiger partial charge on any atom is 0.0596 e. The van der Waals surface area contributed by atoms with Crippen LogP contribution in [0.25, 0.3) is 0 Å². The maximum absolute atomic E-state index is 6.45. The minimum absolute atomic E-state index is 0.169. The molecule has 1 rings (SSSR count). The molecule has 2 N–H and O–H groups in total. The second-order valence-corrected chi connectivity index (χ2v) is 6.81. The van der Waals surface area contributed by atoms with Crippen LogP contribution in [-0.2, 0) is 4.74 Å². The van der Waals surface area contributed by atoms with Crippen molar-refractivity contribution in [1.29, 1.82) is 0 Å². The summed E-state index contributed by atoms with van der Waals surface area (Å²) < 4.78 is 5.29. The van der Waals surface area contributed by atoms with Gasteiger partial charge in [0.25, 0.3) is 0 Å². The summed E-state index contributed by atoms with van der Waals surface area (Å²) in [4.78, 5) is 3.91. The molecule has 3 nitrogen and oxygen atoms in total. The smallest absolute Gasteiger partial charge is 0.0596 e. The Morgan fingerprint density at radius 1 is 1.40 bits per heavy atom. The lowest BCUT2D eigenvalue weighted by atomic mass is 9.99. The largest absolute Gasteiger partial charge is 0.383 e. The Labute approximate surface area is 128 Å². The molecule has 20 heavy (non-hydrogen) atoms. The van der Waals surface area contributed by atoms with Gasteiger partial charge in [-0.25, -0.2) is 0 Å². The number of hydrogen-bond acceptors (Lipinski definition) is 4. The fourth-order valence-electron chi connectivity index (χ4n) is 2.56. The van der Waals surface area contributed by atoms with Crippen LogP contribution < -0.4 is 5.73 Å². The topological polar surface area (TPSA) is 38.5 Å². The average Bonchev–Trinajstić information content (AvgIpc) is 2.81. The summed E-state index contributed by atoms with van der Waals surface area (Å²) in [6.07, 6.45) is 0.990. The molecular formula is C16H30N2OS. The van der Waals surface area contributed by atoms with Crippen LogP contribution in [0.2, 0.25) is 0 Å². The van der Waals surface area contributed by atoms with Gasteiger partial charge in [-0.1, -0.05) is 20.8 Å². The Hall–Kier alpha value is -0.420. The Morgan fingerprint density at radius 2 is 2.10 bits per heavy atom. The molecule has 0 fully saturated rings. The van der Waals surface area contributed by atoms with Gasteiger partial charge in [0.15, 0.2) is 0 Å². The lowest BCUT2D eigenvalue weighted by molar-refractivity contribution is 0.0987. The summed E-state index contributed by atoms with van der Waals surface area (Å²) in [6, 6.07) is 2.67. The molecule has 0 aliphatic rings. The molecule has 116 valence electrons. The third kappa shape index (κ3) is 4.85. The van der Waals surface area contributed by atoms with E-state index in [0.29, 0.717) is 12.0 Å². The highest BCUT2D eigenvalue weighted by atomic mass is 32.1. The summed E-state index contributed by atoms with van der Waals surface area (Å²) in [5, 5.41) is 2.17. The molecule has 0 amide bonds. The lowest BCUT2D eigenvalue weighted by Crippen LogP contribution is -2.43. The van der Waals surface area contributed by atoms with E-state index in [-0.39, 0.29) is 6.04 Å². The Morgan fingerprint density at radius 3 is 2.55 bits per heavy atom. The van der Waals surface area contributed by atoms with Crippen molar-refractivity contribution in [3.05, 3.63) is 21.9 Å². The molecule has 1 heterocycles. The Bertz CT molecular complexity index is 378. The molecule has 0 bridgehead atoms. The first-order valence-electron chi connectivity index (χ1n) is 7.53. The lowest BCUT2D eigenvalue weighted by Gasteiger charge is -2.36. The molecule has 0 saturated heterocycles. The van der Waals surface area contributed by atoms with Crippen LogP contribution in [0, 0.1) is 12.8 Å². The van der Waals surface area contributed by atoms with Crippen LogP contribution in [0.1, 0.15) is 43.7 Å². The molecular weight excluding hydrogens is 268 g/mol. The first-order chi connectivity index (χ1) is 9.51. The van der Waals surface area contributed by atoms with Gasteiger partial charge in [-0.3, -0.25) is 4.90 Å². The van der Waals surface area contributed by atoms with E-state index in [9.17, 15) is 0 Å².